The summed E-state index contributed by atoms with van der Waals surface area (Å²) in [5.74, 6) is 0.537. The maximum absolute atomic E-state index is 10.9. The van der Waals surface area contributed by atoms with E-state index in [0.29, 0.717) is 12.4 Å². The van der Waals surface area contributed by atoms with E-state index in [4.69, 9.17) is 9.47 Å². The maximum atomic E-state index is 10.9. The van der Waals surface area contributed by atoms with Gasteiger partial charge in [-0.3, -0.25) is 4.79 Å². The molecule has 0 saturated carbocycles. The summed E-state index contributed by atoms with van der Waals surface area (Å²) in [6.07, 6.45) is 0. The Kier molecular flexibility index (Phi) is 4.63. The SMILES string of the molecule is CNC(=O)COc1ccc(COC)cc1. The Morgan fingerprint density at radius 2 is 2.00 bits per heavy atom. The minimum Gasteiger partial charge on any atom is -0.484 e. The molecule has 0 bridgehead atoms. The number of ether oxygens (including phenoxy) is 2. The van der Waals surface area contributed by atoms with Gasteiger partial charge in [-0.15, -0.1) is 0 Å². The van der Waals surface area contributed by atoms with E-state index in [1.807, 2.05) is 24.3 Å². The van der Waals surface area contributed by atoms with Gasteiger partial charge in [-0.1, -0.05) is 12.1 Å². The van der Waals surface area contributed by atoms with Gasteiger partial charge in [0.1, 0.15) is 5.75 Å². The lowest BCUT2D eigenvalue weighted by Gasteiger charge is -2.05. The summed E-state index contributed by atoms with van der Waals surface area (Å²) in [6, 6.07) is 7.44. The van der Waals surface area contributed by atoms with Crippen molar-refractivity contribution in [2.24, 2.45) is 0 Å². The predicted octanol–water partition coefficient (Wildman–Crippen LogP) is 0.958. The third-order valence-electron chi connectivity index (χ3n) is 1.88. The van der Waals surface area contributed by atoms with Gasteiger partial charge in [-0.25, -0.2) is 0 Å². The average Bonchev–Trinajstić information content (AvgIpc) is 2.28. The molecule has 1 aromatic carbocycles. The summed E-state index contributed by atoms with van der Waals surface area (Å²) in [5, 5.41) is 2.48. The summed E-state index contributed by atoms with van der Waals surface area (Å²) in [6.45, 7) is 0.621. The van der Waals surface area contributed by atoms with Crippen LogP contribution in [0.1, 0.15) is 5.56 Å². The Morgan fingerprint density at radius 3 is 2.53 bits per heavy atom. The molecule has 1 rings (SSSR count). The Morgan fingerprint density at radius 1 is 1.33 bits per heavy atom. The van der Waals surface area contributed by atoms with Crippen LogP contribution in [0.25, 0.3) is 0 Å². The highest BCUT2D eigenvalue weighted by atomic mass is 16.5. The molecule has 0 radical (unpaired) electrons. The van der Waals surface area contributed by atoms with Gasteiger partial charge in [0.15, 0.2) is 6.61 Å². The van der Waals surface area contributed by atoms with Crippen LogP contribution in [0.15, 0.2) is 24.3 Å². The van der Waals surface area contributed by atoms with E-state index in [0.717, 1.165) is 5.56 Å². The van der Waals surface area contributed by atoms with Gasteiger partial charge >= 0.3 is 0 Å². The van der Waals surface area contributed by atoms with Crippen molar-refractivity contribution in [2.75, 3.05) is 20.8 Å². The zero-order valence-corrected chi connectivity index (χ0v) is 8.95. The van der Waals surface area contributed by atoms with Crippen molar-refractivity contribution < 1.29 is 14.3 Å². The zero-order chi connectivity index (χ0) is 11.1. The smallest absolute Gasteiger partial charge is 0.257 e. The molecule has 0 aliphatic rings. The van der Waals surface area contributed by atoms with Crippen LogP contribution < -0.4 is 10.1 Å². The van der Waals surface area contributed by atoms with Crippen LogP contribution in [0.4, 0.5) is 0 Å². The Hall–Kier alpha value is -1.55. The van der Waals surface area contributed by atoms with E-state index in [-0.39, 0.29) is 12.5 Å². The fourth-order valence-corrected chi connectivity index (χ4v) is 1.07. The minimum absolute atomic E-state index is 0.0418. The summed E-state index contributed by atoms with van der Waals surface area (Å²) in [5.41, 5.74) is 1.07. The molecule has 4 heteroatoms. The summed E-state index contributed by atoms with van der Waals surface area (Å²) >= 11 is 0. The Bertz CT molecular complexity index is 308. The van der Waals surface area contributed by atoms with Crippen LogP contribution in [0.3, 0.4) is 0 Å². The first kappa shape index (κ1) is 11.5. The molecule has 0 heterocycles. The van der Waals surface area contributed by atoms with Gasteiger partial charge in [-0.2, -0.15) is 0 Å². The van der Waals surface area contributed by atoms with Crippen molar-refractivity contribution in [3.63, 3.8) is 0 Å². The van der Waals surface area contributed by atoms with Crippen molar-refractivity contribution in [3.8, 4) is 5.75 Å². The van der Waals surface area contributed by atoms with E-state index in [9.17, 15) is 4.79 Å². The number of hydrogen-bond donors (Lipinski definition) is 1. The number of carbonyl (C=O) groups is 1. The van der Waals surface area contributed by atoms with Crippen LogP contribution in [0.2, 0.25) is 0 Å². The molecule has 82 valence electrons. The normalized spacial score (nSPS) is 9.73. The molecule has 0 unspecified atom stereocenters. The van der Waals surface area contributed by atoms with E-state index < -0.39 is 0 Å². The second kappa shape index (κ2) is 6.03. The van der Waals surface area contributed by atoms with Crippen LogP contribution in [-0.2, 0) is 16.1 Å². The van der Waals surface area contributed by atoms with Crippen molar-refractivity contribution in [3.05, 3.63) is 29.8 Å². The van der Waals surface area contributed by atoms with Gasteiger partial charge in [0, 0.05) is 14.2 Å². The molecular weight excluding hydrogens is 194 g/mol. The number of rotatable bonds is 5. The molecule has 1 N–H and O–H groups in total. The van der Waals surface area contributed by atoms with Gasteiger partial charge in [0.05, 0.1) is 6.61 Å². The molecule has 0 aliphatic carbocycles. The average molecular weight is 209 g/mol. The van der Waals surface area contributed by atoms with E-state index in [1.54, 1.807) is 14.2 Å². The summed E-state index contributed by atoms with van der Waals surface area (Å²) in [4.78, 5) is 10.9. The molecule has 0 atom stereocenters. The zero-order valence-electron chi connectivity index (χ0n) is 8.95. The number of benzene rings is 1. The Balaban J connectivity index is 2.45. The van der Waals surface area contributed by atoms with Crippen molar-refractivity contribution >= 4 is 5.91 Å². The van der Waals surface area contributed by atoms with Gasteiger partial charge in [0.2, 0.25) is 0 Å². The lowest BCUT2D eigenvalue weighted by Crippen LogP contribution is -2.24. The molecule has 1 aromatic rings. The summed E-state index contributed by atoms with van der Waals surface area (Å²) in [7, 11) is 3.23. The highest BCUT2D eigenvalue weighted by molar-refractivity contribution is 5.77. The lowest BCUT2D eigenvalue weighted by atomic mass is 10.2. The monoisotopic (exact) mass is 209 g/mol. The molecule has 4 nitrogen and oxygen atoms in total. The lowest BCUT2D eigenvalue weighted by molar-refractivity contribution is -0.122. The predicted molar refractivity (Wildman–Crippen MR) is 56.7 cm³/mol. The quantitative estimate of drug-likeness (QED) is 0.785. The molecule has 0 saturated heterocycles. The fourth-order valence-electron chi connectivity index (χ4n) is 1.07. The number of likely N-dealkylation sites (N-methyl/N-ethyl adjacent to an activating group) is 1. The van der Waals surface area contributed by atoms with E-state index in [1.165, 1.54) is 0 Å². The van der Waals surface area contributed by atoms with Crippen molar-refractivity contribution in [1.29, 1.82) is 0 Å². The highest BCUT2D eigenvalue weighted by Gasteiger charge is 1.99. The molecule has 0 spiro atoms. The van der Waals surface area contributed by atoms with Gasteiger partial charge in [-0.05, 0) is 17.7 Å². The second-order valence-electron chi connectivity index (χ2n) is 3.04. The molecule has 1 amide bonds. The first-order chi connectivity index (χ1) is 7.26. The second-order valence-corrected chi connectivity index (χ2v) is 3.04. The number of hydrogen-bond acceptors (Lipinski definition) is 3. The van der Waals surface area contributed by atoms with Crippen LogP contribution >= 0.6 is 0 Å². The number of carbonyl (C=O) groups excluding carboxylic acids is 1. The first-order valence-electron chi connectivity index (χ1n) is 4.67. The molecule has 0 aliphatic heterocycles. The summed E-state index contributed by atoms with van der Waals surface area (Å²) < 4.78 is 10.2. The molecular formula is C11H15NO3. The standard InChI is InChI=1S/C11H15NO3/c1-12-11(13)8-15-10-5-3-9(4-6-10)7-14-2/h3-6H,7-8H2,1-2H3,(H,12,13). The number of methoxy groups -OCH3 is 1. The van der Waals surface area contributed by atoms with Gasteiger partial charge in [0.25, 0.3) is 5.91 Å². The molecule has 0 aromatic heterocycles. The number of amides is 1. The topological polar surface area (TPSA) is 47.6 Å². The van der Waals surface area contributed by atoms with E-state index in [2.05, 4.69) is 5.32 Å². The van der Waals surface area contributed by atoms with Gasteiger partial charge < -0.3 is 14.8 Å². The largest absolute Gasteiger partial charge is 0.484 e. The minimum atomic E-state index is -0.143. The molecule has 0 fully saturated rings. The highest BCUT2D eigenvalue weighted by Crippen LogP contribution is 2.12. The Labute approximate surface area is 89.2 Å². The van der Waals surface area contributed by atoms with Crippen LogP contribution in [-0.4, -0.2) is 26.7 Å². The first-order valence-corrected chi connectivity index (χ1v) is 4.67. The third-order valence-corrected chi connectivity index (χ3v) is 1.88. The van der Waals surface area contributed by atoms with Crippen molar-refractivity contribution in [2.45, 2.75) is 6.61 Å². The van der Waals surface area contributed by atoms with E-state index >= 15 is 0 Å². The third kappa shape index (κ3) is 3.99. The van der Waals surface area contributed by atoms with Crippen molar-refractivity contribution in [1.82, 2.24) is 5.32 Å². The van der Waals surface area contributed by atoms with Crippen LogP contribution in [0.5, 0.6) is 5.75 Å². The van der Waals surface area contributed by atoms with Crippen LogP contribution in [0, 0.1) is 0 Å². The number of nitrogens with one attached hydrogen (secondary N) is 1. The fraction of sp³-hybridized carbons (Fsp3) is 0.364. The maximum Gasteiger partial charge on any atom is 0.257 e. The molecule has 15 heavy (non-hydrogen) atoms.